The summed E-state index contributed by atoms with van der Waals surface area (Å²) >= 11 is 0. The van der Waals surface area contributed by atoms with Crippen molar-refractivity contribution in [2.75, 3.05) is 13.2 Å². The average molecular weight is 914 g/mol. The number of carbonyl (C=O) groups is 2. The summed E-state index contributed by atoms with van der Waals surface area (Å²) in [7, 11) is -6.92. The molecule has 8 fully saturated rings. The van der Waals surface area contributed by atoms with E-state index in [1.54, 1.807) is 0 Å². The van der Waals surface area contributed by atoms with Crippen LogP contribution >= 0.6 is 10.5 Å². The number of aliphatic hydroxyl groups is 1. The minimum atomic E-state index is -6.42. The van der Waals surface area contributed by atoms with Gasteiger partial charge in [0.15, 0.2) is 20.9 Å². The van der Waals surface area contributed by atoms with E-state index in [9.17, 15) is 40.7 Å². The molecule has 4 aromatic rings. The third kappa shape index (κ3) is 6.90. The summed E-state index contributed by atoms with van der Waals surface area (Å²) in [6, 6.07) is 19.2. The molecular formula is C48H53F4O9S2+. The van der Waals surface area contributed by atoms with Gasteiger partial charge in [0.25, 0.3) is 0 Å². The van der Waals surface area contributed by atoms with Crippen molar-refractivity contribution in [3.63, 3.8) is 0 Å². The molecule has 3 atom stereocenters. The van der Waals surface area contributed by atoms with Gasteiger partial charge >= 0.3 is 33.2 Å². The van der Waals surface area contributed by atoms with Gasteiger partial charge in [-0.15, -0.1) is 0 Å². The number of hydrogen-bond donors (Lipinski definition) is 2. The zero-order chi connectivity index (χ0) is 44.6. The van der Waals surface area contributed by atoms with Crippen molar-refractivity contribution in [2.24, 2.45) is 40.9 Å². The molecular weight excluding hydrogens is 861 g/mol. The molecule has 15 heteroatoms. The van der Waals surface area contributed by atoms with Gasteiger partial charge < -0.3 is 19.3 Å². The summed E-state index contributed by atoms with van der Waals surface area (Å²) in [5.74, 6) is -3.68. The molecule has 2 N–H and O–H groups in total. The smallest absolute Gasteiger partial charge is 0.431 e. The molecule has 8 aliphatic carbocycles. The number of esters is 2. The van der Waals surface area contributed by atoms with Crippen molar-refractivity contribution in [3.05, 3.63) is 71.3 Å². The van der Waals surface area contributed by atoms with Gasteiger partial charge in [0.1, 0.15) is 11.4 Å². The summed E-state index contributed by atoms with van der Waals surface area (Å²) in [6.45, 7) is 4.79. The Morgan fingerprint density at radius 3 is 2.06 bits per heavy atom. The molecule has 1 heterocycles. The average Bonchev–Trinajstić information content (AvgIpc) is 3.51. The number of hydrogen-bond acceptors (Lipinski definition) is 8. The van der Waals surface area contributed by atoms with E-state index in [4.69, 9.17) is 18.8 Å². The maximum atomic E-state index is 14.2. The first kappa shape index (κ1) is 43.1. The number of rotatable bonds is 12. The van der Waals surface area contributed by atoms with Crippen LogP contribution in [-0.2, 0) is 29.2 Å². The van der Waals surface area contributed by atoms with Crippen LogP contribution in [0.15, 0.2) is 54.6 Å². The second-order valence-electron chi connectivity index (χ2n) is 20.3. The second-order valence-corrected chi connectivity index (χ2v) is 23.7. The van der Waals surface area contributed by atoms with E-state index in [0.29, 0.717) is 43.3 Å². The Bertz CT molecular complexity index is 2590. The molecule has 0 aliphatic heterocycles. The number of fused-ring (bicyclic) bond motifs is 3. The van der Waals surface area contributed by atoms with Crippen molar-refractivity contribution in [1.29, 1.82) is 0 Å². The van der Waals surface area contributed by atoms with Crippen LogP contribution in [0.5, 0.6) is 5.75 Å². The Morgan fingerprint density at radius 1 is 0.841 bits per heavy atom. The lowest BCUT2D eigenvalue weighted by atomic mass is 9.44. The number of thiophene rings is 1. The molecule has 3 unspecified atom stereocenters. The van der Waals surface area contributed by atoms with Crippen LogP contribution in [0.1, 0.15) is 100 Å². The molecule has 1 aromatic heterocycles. The SMILES string of the molecule is Cc1cc(-[s+]2c3ccccc3c3ccc(C4C5CC6(O)CC4CC(C(=O)OCCC(F)(F)C(F)(F)S(=O)(=O)O)(C5)C6)cc32)cc(C)c1OCC(=O)OC1(C)C2CC3CC(C2)CC1C3. The Morgan fingerprint density at radius 2 is 1.44 bits per heavy atom. The fourth-order valence-electron chi connectivity index (χ4n) is 14.0. The van der Waals surface area contributed by atoms with Crippen LogP contribution in [0.4, 0.5) is 17.6 Å². The molecule has 338 valence electrons. The minimum absolute atomic E-state index is 0.0242. The number of halogens is 4. The standard InChI is InChI=1S/C48H52F4O9S2/c1-26-12-35(13-27(2)42(26)60-24-40(53)61-44(3)33-15-28-14-29(17-33)18-34(44)16-28)62-38-7-5-4-6-36(38)37-9-8-30(19-39(37)62)41-31-20-45(21-32(41)23-46(55,22-31)25-45)43(54)59-11-10-47(49,50)48(51,52)63(56,57)58/h4-9,12-13,19,28-29,31-34,41,55H,10-11,14-18,20-25H2,1-3H3/p+1. The van der Waals surface area contributed by atoms with Crippen LogP contribution in [0.2, 0.25) is 0 Å². The highest BCUT2D eigenvalue weighted by Gasteiger charge is 2.67. The van der Waals surface area contributed by atoms with Crippen LogP contribution in [-0.4, -0.2) is 65.6 Å². The van der Waals surface area contributed by atoms with Gasteiger partial charge in [0.05, 0.1) is 24.0 Å². The zero-order valence-corrected chi connectivity index (χ0v) is 37.1. The fourth-order valence-corrected chi connectivity index (χ4v) is 17.0. The highest BCUT2D eigenvalue weighted by molar-refractivity contribution is 7.87. The molecule has 63 heavy (non-hydrogen) atoms. The second kappa shape index (κ2) is 14.6. The van der Waals surface area contributed by atoms with E-state index >= 15 is 0 Å². The van der Waals surface area contributed by atoms with Gasteiger partial charge in [-0.05, 0) is 161 Å². The van der Waals surface area contributed by atoms with Gasteiger partial charge in [0.2, 0.25) is 0 Å². The Balaban J connectivity index is 0.889. The number of alkyl halides is 4. The molecule has 9 nitrogen and oxygen atoms in total. The molecule has 12 rings (SSSR count). The first-order valence-corrected chi connectivity index (χ1v) is 24.8. The summed E-state index contributed by atoms with van der Waals surface area (Å²) in [5.41, 5.74) is 0.0683. The molecule has 0 radical (unpaired) electrons. The first-order valence-electron chi connectivity index (χ1n) is 22.2. The monoisotopic (exact) mass is 913 g/mol. The topological polar surface area (TPSA) is 136 Å². The normalized spacial score (nSPS) is 33.6. The molecule has 3 aromatic carbocycles. The van der Waals surface area contributed by atoms with Gasteiger partial charge in [-0.1, -0.05) is 18.2 Å². The predicted molar refractivity (Wildman–Crippen MR) is 229 cm³/mol. The maximum absolute atomic E-state index is 14.2. The highest BCUT2D eigenvalue weighted by atomic mass is 32.2. The fraction of sp³-hybridized carbons (Fsp3) is 0.583. The van der Waals surface area contributed by atoms with Gasteiger partial charge in [-0.2, -0.15) is 26.0 Å². The van der Waals surface area contributed by atoms with Gasteiger partial charge in [-0.3, -0.25) is 9.35 Å². The van der Waals surface area contributed by atoms with Crippen molar-refractivity contribution in [3.8, 4) is 10.6 Å². The summed E-state index contributed by atoms with van der Waals surface area (Å²) < 4.78 is 107. The molecule has 8 aliphatic rings. The van der Waals surface area contributed by atoms with E-state index in [-0.39, 0.29) is 36.8 Å². The number of aryl methyl sites for hydroxylation is 2. The van der Waals surface area contributed by atoms with E-state index in [1.807, 2.05) is 26.0 Å². The van der Waals surface area contributed by atoms with Crippen molar-refractivity contribution >= 4 is 52.7 Å². The molecule has 0 saturated heterocycles. The lowest BCUT2D eigenvalue weighted by molar-refractivity contribution is -0.205. The lowest BCUT2D eigenvalue weighted by Crippen LogP contribution is -2.61. The number of benzene rings is 3. The molecule has 8 bridgehead atoms. The van der Waals surface area contributed by atoms with Crippen LogP contribution in [0.25, 0.3) is 25.1 Å². The first-order chi connectivity index (χ1) is 29.6. The largest absolute Gasteiger partial charge is 0.481 e. The van der Waals surface area contributed by atoms with Crippen molar-refractivity contribution in [2.45, 2.75) is 120 Å². The van der Waals surface area contributed by atoms with E-state index in [1.165, 1.54) is 11.1 Å². The van der Waals surface area contributed by atoms with Gasteiger partial charge in [-0.25, -0.2) is 4.79 Å². The summed E-state index contributed by atoms with van der Waals surface area (Å²) in [6.07, 6.45) is 5.62. The van der Waals surface area contributed by atoms with Crippen molar-refractivity contribution < 1.29 is 59.4 Å². The molecule has 8 saturated carbocycles. The molecule has 0 amide bonds. The summed E-state index contributed by atoms with van der Waals surface area (Å²) in [5, 5.41) is 8.21. The van der Waals surface area contributed by atoms with E-state index in [2.05, 4.69) is 49.4 Å². The third-order valence-electron chi connectivity index (χ3n) is 16.2. The number of ether oxygens (including phenoxy) is 3. The summed E-state index contributed by atoms with van der Waals surface area (Å²) in [4.78, 5) is 28.1. The van der Waals surface area contributed by atoms with E-state index in [0.717, 1.165) is 74.6 Å². The Kier molecular flexibility index (Phi) is 10.00. The number of carbonyl (C=O) groups excluding carboxylic acids is 2. The van der Waals surface area contributed by atoms with Crippen LogP contribution in [0.3, 0.4) is 0 Å². The van der Waals surface area contributed by atoms with Crippen LogP contribution in [0, 0.1) is 54.8 Å². The minimum Gasteiger partial charge on any atom is -0.481 e. The maximum Gasteiger partial charge on any atom is 0.431 e. The zero-order valence-electron chi connectivity index (χ0n) is 35.5. The van der Waals surface area contributed by atoms with Crippen LogP contribution < -0.4 is 4.74 Å². The highest BCUT2D eigenvalue weighted by Crippen LogP contribution is 2.67. The lowest BCUT2D eigenvalue weighted by Gasteiger charge is -2.62. The predicted octanol–water partition coefficient (Wildman–Crippen LogP) is 10.6. The quantitative estimate of drug-likeness (QED) is 0.0616. The Hall–Kier alpha value is -3.79. The van der Waals surface area contributed by atoms with Gasteiger partial charge in [0, 0.05) is 39.4 Å². The molecule has 0 spiro atoms. The Labute approximate surface area is 366 Å². The van der Waals surface area contributed by atoms with Crippen molar-refractivity contribution in [1.82, 2.24) is 0 Å². The van der Waals surface area contributed by atoms with E-state index < -0.39 is 67.4 Å². The third-order valence-corrected chi connectivity index (χ3v) is 19.4.